The van der Waals surface area contributed by atoms with Gasteiger partial charge in [-0.05, 0) is 48.0 Å². The monoisotopic (exact) mass is 375 g/mol. The lowest BCUT2D eigenvalue weighted by Crippen LogP contribution is -2.44. The maximum Gasteiger partial charge on any atom is 0.498 e. The van der Waals surface area contributed by atoms with Crippen LogP contribution < -0.4 is 16.1 Å². The minimum Gasteiger partial charge on any atom is -0.399 e. The molecule has 27 heavy (non-hydrogen) atoms. The third kappa shape index (κ3) is 4.13. The molecule has 2 aliphatic rings. The van der Waals surface area contributed by atoms with Gasteiger partial charge in [-0.1, -0.05) is 0 Å². The summed E-state index contributed by atoms with van der Waals surface area (Å²) in [5.41, 5.74) is 5.84. The molecule has 150 valence electrons. The molecule has 2 aliphatic heterocycles. The van der Waals surface area contributed by atoms with Gasteiger partial charge in [-0.15, -0.1) is 0 Å². The largest absolute Gasteiger partial charge is 0.498 e. The molecule has 0 saturated carbocycles. The van der Waals surface area contributed by atoms with E-state index < -0.39 is 7.12 Å². The zero-order chi connectivity index (χ0) is 19.8. The summed E-state index contributed by atoms with van der Waals surface area (Å²) >= 11 is 0. The van der Waals surface area contributed by atoms with E-state index in [4.69, 9.17) is 15.0 Å². The molecule has 2 saturated heterocycles. The molecule has 1 atom stereocenters. The van der Waals surface area contributed by atoms with Crippen LogP contribution in [-0.4, -0.2) is 71.5 Å². The zero-order valence-corrected chi connectivity index (χ0v) is 17.6. The van der Waals surface area contributed by atoms with E-state index in [1.807, 2.05) is 12.4 Å². The van der Waals surface area contributed by atoms with E-state index in [-0.39, 0.29) is 11.2 Å². The van der Waals surface area contributed by atoms with E-state index >= 15 is 0 Å². The zero-order valence-electron chi connectivity index (χ0n) is 17.6. The lowest BCUT2D eigenvalue weighted by Gasteiger charge is -2.33. The van der Waals surface area contributed by atoms with Gasteiger partial charge in [-0.2, -0.15) is 0 Å². The number of hydrogen-bond acceptors (Lipinski definition) is 7. The molecule has 0 unspecified atom stereocenters. The molecular formula is C19H34BN5O2. The molecule has 3 heterocycles. The fraction of sp³-hybridized carbons (Fsp3) is 0.789. The summed E-state index contributed by atoms with van der Waals surface area (Å²) in [6.45, 7) is 16.3. The van der Waals surface area contributed by atoms with Gasteiger partial charge >= 0.3 is 7.12 Å². The topological polar surface area (TPSA) is 76.7 Å². The second kappa shape index (κ2) is 7.66. The van der Waals surface area contributed by atoms with Gasteiger partial charge in [-0.25, -0.2) is 9.97 Å². The van der Waals surface area contributed by atoms with Gasteiger partial charge < -0.3 is 19.9 Å². The minimum absolute atomic E-state index is 0.329. The highest BCUT2D eigenvalue weighted by atomic mass is 16.7. The van der Waals surface area contributed by atoms with Crippen LogP contribution in [0.2, 0.25) is 0 Å². The lowest BCUT2D eigenvalue weighted by molar-refractivity contribution is 0.00578. The van der Waals surface area contributed by atoms with Crippen molar-refractivity contribution in [2.75, 3.05) is 31.1 Å². The molecule has 0 radical (unpaired) electrons. The average Bonchev–Trinajstić information content (AvgIpc) is 3.10. The Kier molecular flexibility index (Phi) is 5.82. The van der Waals surface area contributed by atoms with Crippen LogP contribution in [0.4, 0.5) is 5.95 Å². The summed E-state index contributed by atoms with van der Waals surface area (Å²) < 4.78 is 12.2. The summed E-state index contributed by atoms with van der Waals surface area (Å²) in [4.78, 5) is 14.1. The third-order valence-corrected chi connectivity index (χ3v) is 6.06. The molecule has 1 aromatic heterocycles. The Labute approximate surface area is 163 Å². The fourth-order valence-electron chi connectivity index (χ4n) is 3.81. The van der Waals surface area contributed by atoms with Crippen molar-refractivity contribution in [1.29, 1.82) is 0 Å². The van der Waals surface area contributed by atoms with Crippen molar-refractivity contribution in [3.63, 3.8) is 0 Å². The maximum absolute atomic E-state index is 6.10. The second-order valence-corrected chi connectivity index (χ2v) is 8.94. The van der Waals surface area contributed by atoms with E-state index in [0.717, 1.165) is 37.5 Å². The molecule has 0 amide bonds. The lowest BCUT2D eigenvalue weighted by atomic mass is 9.81. The van der Waals surface area contributed by atoms with E-state index in [1.54, 1.807) is 0 Å². The first-order chi connectivity index (χ1) is 12.6. The SMILES string of the molecule is CC(C)N(c1ncc(B2OC(C)(C)C(C)(C)O2)cn1)[C@@H]1CCN(CCN)C1. The number of nitrogens with zero attached hydrogens (tertiary/aromatic N) is 4. The van der Waals surface area contributed by atoms with E-state index in [0.29, 0.717) is 18.6 Å². The summed E-state index contributed by atoms with van der Waals surface area (Å²) in [5, 5.41) is 0. The van der Waals surface area contributed by atoms with Crippen LogP contribution in [0.3, 0.4) is 0 Å². The highest BCUT2D eigenvalue weighted by Crippen LogP contribution is 2.36. The normalized spacial score (nSPS) is 24.7. The van der Waals surface area contributed by atoms with Gasteiger partial charge in [0.05, 0.1) is 11.2 Å². The smallest absolute Gasteiger partial charge is 0.399 e. The Balaban J connectivity index is 1.73. The summed E-state index contributed by atoms with van der Waals surface area (Å²) in [6, 6.07) is 0.745. The van der Waals surface area contributed by atoms with Gasteiger partial charge in [-0.3, -0.25) is 4.90 Å². The van der Waals surface area contributed by atoms with Gasteiger partial charge in [0.15, 0.2) is 0 Å². The van der Waals surface area contributed by atoms with Gasteiger partial charge in [0.25, 0.3) is 0 Å². The third-order valence-electron chi connectivity index (χ3n) is 6.06. The maximum atomic E-state index is 6.10. The Hall–Kier alpha value is -1.22. The highest BCUT2D eigenvalue weighted by Gasteiger charge is 2.52. The Morgan fingerprint density at radius 2 is 1.81 bits per heavy atom. The molecule has 2 N–H and O–H groups in total. The van der Waals surface area contributed by atoms with Crippen molar-refractivity contribution in [2.45, 2.75) is 71.2 Å². The van der Waals surface area contributed by atoms with Crippen molar-refractivity contribution >= 4 is 18.5 Å². The standard InChI is InChI=1S/C19H34BN5O2/c1-14(2)25(16-7-9-24(13-16)10-8-21)17-22-11-15(12-23-17)20-26-18(3,4)19(5,6)27-20/h11-12,14,16H,7-10,13,21H2,1-6H3/t16-/m1/s1. The van der Waals surface area contributed by atoms with Crippen molar-refractivity contribution in [2.24, 2.45) is 5.73 Å². The Morgan fingerprint density at radius 1 is 1.22 bits per heavy atom. The molecule has 0 bridgehead atoms. The van der Waals surface area contributed by atoms with E-state index in [2.05, 4.69) is 61.3 Å². The van der Waals surface area contributed by atoms with Crippen LogP contribution in [0.1, 0.15) is 48.0 Å². The first-order valence-electron chi connectivity index (χ1n) is 10.0. The first-order valence-corrected chi connectivity index (χ1v) is 10.0. The van der Waals surface area contributed by atoms with Gasteiger partial charge in [0, 0.05) is 56.1 Å². The van der Waals surface area contributed by atoms with Crippen molar-refractivity contribution in [3.8, 4) is 0 Å². The molecule has 0 spiro atoms. The molecule has 3 rings (SSSR count). The van der Waals surface area contributed by atoms with Crippen LogP contribution in [0.5, 0.6) is 0 Å². The van der Waals surface area contributed by atoms with Crippen LogP contribution >= 0.6 is 0 Å². The molecule has 1 aromatic rings. The molecule has 8 heteroatoms. The average molecular weight is 375 g/mol. The number of anilines is 1. The molecule has 0 aliphatic carbocycles. The Morgan fingerprint density at radius 3 is 2.33 bits per heavy atom. The van der Waals surface area contributed by atoms with Crippen molar-refractivity contribution in [1.82, 2.24) is 14.9 Å². The molecule has 7 nitrogen and oxygen atoms in total. The predicted octanol–water partition coefficient (Wildman–Crippen LogP) is 1.02. The number of hydrogen-bond donors (Lipinski definition) is 1. The quantitative estimate of drug-likeness (QED) is 0.744. The van der Waals surface area contributed by atoms with E-state index in [9.17, 15) is 0 Å². The van der Waals surface area contributed by atoms with Gasteiger partial charge in [0.2, 0.25) is 5.95 Å². The summed E-state index contributed by atoms with van der Waals surface area (Å²) in [5.74, 6) is 0.768. The van der Waals surface area contributed by atoms with E-state index in [1.165, 1.54) is 0 Å². The molecular weight excluding hydrogens is 341 g/mol. The number of rotatable bonds is 6. The molecule has 0 aromatic carbocycles. The fourth-order valence-corrected chi connectivity index (χ4v) is 3.81. The molecule has 2 fully saturated rings. The van der Waals surface area contributed by atoms with Crippen LogP contribution in [0.25, 0.3) is 0 Å². The summed E-state index contributed by atoms with van der Waals surface area (Å²) in [7, 11) is -0.428. The highest BCUT2D eigenvalue weighted by molar-refractivity contribution is 6.61. The predicted molar refractivity (Wildman–Crippen MR) is 109 cm³/mol. The number of likely N-dealkylation sites (tertiary alicyclic amines) is 1. The second-order valence-electron chi connectivity index (χ2n) is 8.94. The number of aromatic nitrogens is 2. The minimum atomic E-state index is -0.428. The van der Waals surface area contributed by atoms with Crippen LogP contribution in [0, 0.1) is 0 Å². The van der Waals surface area contributed by atoms with Gasteiger partial charge in [0.1, 0.15) is 0 Å². The van der Waals surface area contributed by atoms with Crippen molar-refractivity contribution in [3.05, 3.63) is 12.4 Å². The van der Waals surface area contributed by atoms with Crippen LogP contribution in [-0.2, 0) is 9.31 Å². The summed E-state index contributed by atoms with van der Waals surface area (Å²) in [6.07, 6.45) is 4.79. The number of nitrogens with two attached hydrogens (primary N) is 1. The van der Waals surface area contributed by atoms with Crippen molar-refractivity contribution < 1.29 is 9.31 Å². The first kappa shape index (κ1) is 20.5. The Bertz CT molecular complexity index is 621. The van der Waals surface area contributed by atoms with Crippen LogP contribution in [0.15, 0.2) is 12.4 Å².